The molecule has 0 aromatic rings. The standard InChI is InChI=1S/C13H27N3OS/c1-11(2)9-15-5-7-16(8-6-15)13(18)14-12(3)10-17-4/h11-12H,5-10H2,1-4H3,(H,14,18). The quantitative estimate of drug-likeness (QED) is 0.759. The van der Waals surface area contributed by atoms with Crippen molar-refractivity contribution in [2.24, 2.45) is 5.92 Å². The van der Waals surface area contributed by atoms with Gasteiger partial charge in [0.25, 0.3) is 0 Å². The number of hydrogen-bond donors (Lipinski definition) is 1. The summed E-state index contributed by atoms with van der Waals surface area (Å²) in [5.41, 5.74) is 0. The number of hydrogen-bond acceptors (Lipinski definition) is 3. The van der Waals surface area contributed by atoms with E-state index < -0.39 is 0 Å². The predicted octanol–water partition coefficient (Wildman–Crippen LogP) is 1.17. The van der Waals surface area contributed by atoms with Crippen molar-refractivity contribution < 1.29 is 4.74 Å². The topological polar surface area (TPSA) is 27.7 Å². The summed E-state index contributed by atoms with van der Waals surface area (Å²) in [6, 6.07) is 0.274. The minimum atomic E-state index is 0.274. The first-order valence-corrected chi connectivity index (χ1v) is 7.20. The fourth-order valence-corrected chi connectivity index (χ4v) is 2.63. The number of methoxy groups -OCH3 is 1. The summed E-state index contributed by atoms with van der Waals surface area (Å²) >= 11 is 5.43. The molecule has 0 aliphatic carbocycles. The first-order chi connectivity index (χ1) is 8.52. The van der Waals surface area contributed by atoms with Crippen molar-refractivity contribution in [3.8, 4) is 0 Å². The van der Waals surface area contributed by atoms with Crippen LogP contribution in [-0.4, -0.2) is 67.4 Å². The lowest BCUT2D eigenvalue weighted by molar-refractivity contribution is 0.159. The largest absolute Gasteiger partial charge is 0.383 e. The van der Waals surface area contributed by atoms with Crippen LogP contribution >= 0.6 is 12.2 Å². The number of nitrogens with one attached hydrogen (secondary N) is 1. The molecule has 106 valence electrons. The summed E-state index contributed by atoms with van der Waals surface area (Å²) in [5, 5.41) is 4.18. The van der Waals surface area contributed by atoms with Gasteiger partial charge in [0.1, 0.15) is 0 Å². The van der Waals surface area contributed by atoms with Gasteiger partial charge in [0.15, 0.2) is 5.11 Å². The van der Waals surface area contributed by atoms with Crippen molar-refractivity contribution in [3.05, 3.63) is 0 Å². The maximum Gasteiger partial charge on any atom is 0.169 e. The van der Waals surface area contributed by atoms with E-state index in [0.29, 0.717) is 6.61 Å². The molecule has 0 amide bonds. The van der Waals surface area contributed by atoms with E-state index >= 15 is 0 Å². The Morgan fingerprint density at radius 2 is 1.83 bits per heavy atom. The molecule has 1 N–H and O–H groups in total. The fraction of sp³-hybridized carbons (Fsp3) is 0.923. The summed E-state index contributed by atoms with van der Waals surface area (Å²) in [6.07, 6.45) is 0. The van der Waals surface area contributed by atoms with E-state index in [0.717, 1.165) is 37.2 Å². The Morgan fingerprint density at radius 3 is 2.33 bits per heavy atom. The normalized spacial score (nSPS) is 19.1. The van der Waals surface area contributed by atoms with Gasteiger partial charge in [0.05, 0.1) is 6.61 Å². The zero-order valence-corrected chi connectivity index (χ0v) is 12.9. The van der Waals surface area contributed by atoms with E-state index in [4.69, 9.17) is 17.0 Å². The smallest absolute Gasteiger partial charge is 0.169 e. The zero-order valence-electron chi connectivity index (χ0n) is 12.1. The van der Waals surface area contributed by atoms with Crippen molar-refractivity contribution in [1.29, 1.82) is 0 Å². The van der Waals surface area contributed by atoms with Gasteiger partial charge in [-0.2, -0.15) is 0 Å². The minimum Gasteiger partial charge on any atom is -0.383 e. The maximum atomic E-state index is 5.43. The number of rotatable bonds is 5. The average molecular weight is 273 g/mol. The molecule has 0 aromatic heterocycles. The molecular formula is C13H27N3OS. The molecule has 1 aliphatic rings. The van der Waals surface area contributed by atoms with Crippen molar-refractivity contribution in [1.82, 2.24) is 15.1 Å². The first kappa shape index (κ1) is 15.7. The highest BCUT2D eigenvalue weighted by atomic mass is 32.1. The number of ether oxygens (including phenoxy) is 1. The third-order valence-corrected chi connectivity index (χ3v) is 3.45. The molecule has 5 heteroatoms. The fourth-order valence-electron chi connectivity index (χ4n) is 2.24. The highest BCUT2D eigenvalue weighted by Gasteiger charge is 2.19. The Kier molecular flexibility index (Phi) is 6.89. The van der Waals surface area contributed by atoms with E-state index in [1.54, 1.807) is 7.11 Å². The molecule has 1 aliphatic heterocycles. The van der Waals surface area contributed by atoms with E-state index in [9.17, 15) is 0 Å². The van der Waals surface area contributed by atoms with Crippen LogP contribution in [-0.2, 0) is 4.74 Å². The molecule has 1 saturated heterocycles. The van der Waals surface area contributed by atoms with Crippen LogP contribution in [0, 0.1) is 5.92 Å². The van der Waals surface area contributed by atoms with Crippen LogP contribution in [0.3, 0.4) is 0 Å². The predicted molar refractivity (Wildman–Crippen MR) is 79.9 cm³/mol. The molecular weight excluding hydrogens is 246 g/mol. The Labute approximate surface area is 117 Å². The summed E-state index contributed by atoms with van der Waals surface area (Å²) in [7, 11) is 1.71. The summed E-state index contributed by atoms with van der Waals surface area (Å²) < 4.78 is 5.10. The van der Waals surface area contributed by atoms with Crippen LogP contribution in [0.25, 0.3) is 0 Å². The van der Waals surface area contributed by atoms with Crippen LogP contribution in [0.15, 0.2) is 0 Å². The zero-order chi connectivity index (χ0) is 13.5. The molecule has 1 unspecified atom stereocenters. The van der Waals surface area contributed by atoms with Gasteiger partial charge in [-0.25, -0.2) is 0 Å². The van der Waals surface area contributed by atoms with Gasteiger partial charge >= 0.3 is 0 Å². The molecule has 0 radical (unpaired) electrons. The van der Waals surface area contributed by atoms with Gasteiger partial charge in [0.2, 0.25) is 0 Å². The molecule has 0 aromatic carbocycles. The molecule has 0 bridgehead atoms. The molecule has 4 nitrogen and oxygen atoms in total. The van der Waals surface area contributed by atoms with E-state index in [-0.39, 0.29) is 6.04 Å². The van der Waals surface area contributed by atoms with Crippen molar-refractivity contribution >= 4 is 17.3 Å². The maximum absolute atomic E-state index is 5.43. The van der Waals surface area contributed by atoms with Crippen LogP contribution in [0.5, 0.6) is 0 Å². The Hall–Kier alpha value is -0.390. The van der Waals surface area contributed by atoms with Crippen LogP contribution in [0.2, 0.25) is 0 Å². The Bertz CT molecular complexity index is 253. The lowest BCUT2D eigenvalue weighted by Crippen LogP contribution is -2.53. The van der Waals surface area contributed by atoms with E-state index in [1.165, 1.54) is 6.54 Å². The molecule has 1 heterocycles. The number of piperazine rings is 1. The SMILES string of the molecule is COCC(C)NC(=S)N1CCN(CC(C)C)CC1. The summed E-state index contributed by atoms with van der Waals surface area (Å²) in [5.74, 6) is 0.739. The second-order valence-electron chi connectivity index (χ2n) is 5.49. The molecule has 1 atom stereocenters. The minimum absolute atomic E-state index is 0.274. The van der Waals surface area contributed by atoms with Crippen molar-refractivity contribution in [2.75, 3.05) is 46.4 Å². The van der Waals surface area contributed by atoms with Gasteiger partial charge in [-0.3, -0.25) is 4.90 Å². The molecule has 1 fully saturated rings. The van der Waals surface area contributed by atoms with Gasteiger partial charge in [-0.1, -0.05) is 13.8 Å². The van der Waals surface area contributed by atoms with E-state index in [2.05, 4.69) is 35.9 Å². The summed E-state index contributed by atoms with van der Waals surface area (Å²) in [4.78, 5) is 4.78. The summed E-state index contributed by atoms with van der Waals surface area (Å²) in [6.45, 7) is 12.8. The van der Waals surface area contributed by atoms with Gasteiger partial charge in [-0.05, 0) is 25.1 Å². The third-order valence-electron chi connectivity index (χ3n) is 3.07. The molecule has 18 heavy (non-hydrogen) atoms. The van der Waals surface area contributed by atoms with Crippen molar-refractivity contribution in [3.63, 3.8) is 0 Å². The first-order valence-electron chi connectivity index (χ1n) is 6.79. The van der Waals surface area contributed by atoms with Gasteiger partial charge < -0.3 is 15.0 Å². The average Bonchev–Trinajstić information content (AvgIpc) is 2.29. The third kappa shape index (κ3) is 5.50. The van der Waals surface area contributed by atoms with Gasteiger partial charge in [0, 0.05) is 45.9 Å². The Balaban J connectivity index is 2.27. The second-order valence-corrected chi connectivity index (χ2v) is 5.87. The lowest BCUT2D eigenvalue weighted by Gasteiger charge is -2.37. The van der Waals surface area contributed by atoms with Crippen LogP contribution in [0.4, 0.5) is 0 Å². The highest BCUT2D eigenvalue weighted by molar-refractivity contribution is 7.80. The molecule has 0 spiro atoms. The lowest BCUT2D eigenvalue weighted by atomic mass is 10.2. The van der Waals surface area contributed by atoms with E-state index in [1.807, 2.05) is 0 Å². The second kappa shape index (κ2) is 7.92. The van der Waals surface area contributed by atoms with Gasteiger partial charge in [-0.15, -0.1) is 0 Å². The van der Waals surface area contributed by atoms with Crippen LogP contribution < -0.4 is 5.32 Å². The molecule has 1 rings (SSSR count). The number of thiocarbonyl (C=S) groups is 1. The monoisotopic (exact) mass is 273 g/mol. The molecule has 0 saturated carbocycles. The highest BCUT2D eigenvalue weighted by Crippen LogP contribution is 2.05. The van der Waals surface area contributed by atoms with Crippen LogP contribution in [0.1, 0.15) is 20.8 Å². The van der Waals surface area contributed by atoms with Crippen molar-refractivity contribution in [2.45, 2.75) is 26.8 Å². The number of nitrogens with zero attached hydrogens (tertiary/aromatic N) is 2. The Morgan fingerprint density at radius 1 is 1.22 bits per heavy atom.